The van der Waals surface area contributed by atoms with Crippen molar-refractivity contribution in [3.63, 3.8) is 0 Å². The third-order valence-corrected chi connectivity index (χ3v) is 3.34. The molecule has 0 spiro atoms. The topological polar surface area (TPSA) is 42.3 Å². The molecule has 0 unspecified atom stereocenters. The minimum atomic E-state index is -0.339. The van der Waals surface area contributed by atoms with Crippen molar-refractivity contribution >= 4 is 11.7 Å². The molecule has 4 nitrogen and oxygen atoms in total. The molecule has 2 rings (SSSR count). The second-order valence-corrected chi connectivity index (χ2v) is 5.03. The van der Waals surface area contributed by atoms with Crippen molar-refractivity contribution in [2.45, 2.75) is 13.5 Å². The third-order valence-electron chi connectivity index (χ3n) is 3.34. The van der Waals surface area contributed by atoms with Gasteiger partial charge in [0.2, 0.25) is 0 Å². The number of ketones is 1. The van der Waals surface area contributed by atoms with Crippen molar-refractivity contribution in [3.05, 3.63) is 59.2 Å². The molecule has 5 heteroatoms. The Bertz CT molecular complexity index is 691. The third kappa shape index (κ3) is 3.18. The van der Waals surface area contributed by atoms with Crippen LogP contribution in [0.15, 0.2) is 36.5 Å². The monoisotopic (exact) mass is 288 g/mol. The minimum Gasteiger partial charge on any atom is -0.346 e. The lowest BCUT2D eigenvalue weighted by molar-refractivity contribution is 0.0774. The van der Waals surface area contributed by atoms with Crippen LogP contribution in [-0.4, -0.2) is 28.2 Å². The Morgan fingerprint density at radius 3 is 2.52 bits per heavy atom. The molecule has 0 atom stereocenters. The van der Waals surface area contributed by atoms with Gasteiger partial charge in [-0.15, -0.1) is 0 Å². The zero-order valence-corrected chi connectivity index (χ0v) is 12.3. The van der Waals surface area contributed by atoms with Crippen LogP contribution in [-0.2, 0) is 13.6 Å². The van der Waals surface area contributed by atoms with E-state index in [4.69, 9.17) is 0 Å². The lowest BCUT2D eigenvalue weighted by Crippen LogP contribution is -2.28. The second kappa shape index (κ2) is 5.91. The van der Waals surface area contributed by atoms with Crippen LogP contribution in [0.1, 0.15) is 33.3 Å². The highest BCUT2D eigenvalue weighted by Gasteiger charge is 2.18. The number of Topliss-reactive ketones (excluding diaryl/α,β-unsaturated/α-hetero) is 1. The molecule has 0 fully saturated rings. The summed E-state index contributed by atoms with van der Waals surface area (Å²) < 4.78 is 15.2. The molecule has 0 N–H and O–H groups in total. The first-order valence-corrected chi connectivity index (χ1v) is 6.56. The van der Waals surface area contributed by atoms with Gasteiger partial charge in [0.05, 0.1) is 0 Å². The van der Waals surface area contributed by atoms with Crippen LogP contribution in [0.3, 0.4) is 0 Å². The van der Waals surface area contributed by atoms with Gasteiger partial charge < -0.3 is 9.47 Å². The van der Waals surface area contributed by atoms with Gasteiger partial charge in [0.1, 0.15) is 11.5 Å². The number of aryl methyl sites for hydroxylation is 1. The zero-order valence-electron chi connectivity index (χ0n) is 12.3. The molecule has 110 valence electrons. The number of carbonyl (C=O) groups excluding carboxylic acids is 2. The second-order valence-electron chi connectivity index (χ2n) is 5.03. The number of hydrogen-bond acceptors (Lipinski definition) is 2. The van der Waals surface area contributed by atoms with Crippen LogP contribution in [0.2, 0.25) is 0 Å². The van der Waals surface area contributed by atoms with E-state index in [1.54, 1.807) is 49.1 Å². The number of aromatic nitrogens is 1. The van der Waals surface area contributed by atoms with Gasteiger partial charge in [-0.05, 0) is 19.1 Å². The minimum absolute atomic E-state index is 0.0959. The fraction of sp³-hybridized carbons (Fsp3) is 0.250. The van der Waals surface area contributed by atoms with Gasteiger partial charge in [0.25, 0.3) is 5.91 Å². The van der Waals surface area contributed by atoms with Gasteiger partial charge in [-0.3, -0.25) is 9.59 Å². The maximum Gasteiger partial charge on any atom is 0.270 e. The van der Waals surface area contributed by atoms with E-state index >= 15 is 0 Å². The van der Waals surface area contributed by atoms with Gasteiger partial charge in [-0.25, -0.2) is 4.39 Å². The molecule has 0 aliphatic heterocycles. The number of halogens is 1. The fourth-order valence-electron chi connectivity index (χ4n) is 2.12. The van der Waals surface area contributed by atoms with Crippen LogP contribution in [0.5, 0.6) is 0 Å². The first kappa shape index (κ1) is 15.0. The Hall–Kier alpha value is -2.43. The smallest absolute Gasteiger partial charge is 0.270 e. The van der Waals surface area contributed by atoms with E-state index in [0.717, 1.165) is 0 Å². The Balaban J connectivity index is 2.20. The molecule has 1 heterocycles. The quantitative estimate of drug-likeness (QED) is 0.812. The maximum absolute atomic E-state index is 13.6. The first-order chi connectivity index (χ1) is 9.90. The van der Waals surface area contributed by atoms with Crippen molar-refractivity contribution in [3.8, 4) is 0 Å². The summed E-state index contributed by atoms with van der Waals surface area (Å²) in [7, 11) is 3.31. The maximum atomic E-state index is 13.6. The Morgan fingerprint density at radius 2 is 1.95 bits per heavy atom. The van der Waals surface area contributed by atoms with Crippen LogP contribution in [0.4, 0.5) is 4.39 Å². The first-order valence-electron chi connectivity index (χ1n) is 6.56. The van der Waals surface area contributed by atoms with Gasteiger partial charge in [0, 0.05) is 38.0 Å². The molecule has 0 radical (unpaired) electrons. The average Bonchev–Trinajstić information content (AvgIpc) is 2.82. The Morgan fingerprint density at radius 1 is 1.29 bits per heavy atom. The molecule has 0 saturated carbocycles. The number of nitrogens with zero attached hydrogens (tertiary/aromatic N) is 2. The number of amides is 1. The Labute approximate surface area is 122 Å². The molecule has 0 bridgehead atoms. The molecule has 2 aromatic rings. The highest BCUT2D eigenvalue weighted by atomic mass is 19.1. The van der Waals surface area contributed by atoms with E-state index in [1.165, 1.54) is 17.9 Å². The molecular weight excluding hydrogens is 271 g/mol. The summed E-state index contributed by atoms with van der Waals surface area (Å²) in [6, 6.07) is 7.90. The van der Waals surface area contributed by atoms with Gasteiger partial charge in [0.15, 0.2) is 5.78 Å². The summed E-state index contributed by atoms with van der Waals surface area (Å²) in [6.45, 7) is 1.62. The lowest BCUT2D eigenvalue weighted by atomic mass is 10.2. The van der Waals surface area contributed by atoms with Crippen LogP contribution in [0.25, 0.3) is 0 Å². The number of carbonyl (C=O) groups is 2. The standard InChI is InChI=1S/C16H17FN2O2/c1-11(20)13-8-15(18(2)10-13)16(21)19(3)9-12-6-4-5-7-14(12)17/h4-8,10H,9H2,1-3H3. The van der Waals surface area contributed by atoms with E-state index in [2.05, 4.69) is 0 Å². The summed E-state index contributed by atoms with van der Waals surface area (Å²) in [5.74, 6) is -0.692. The summed E-state index contributed by atoms with van der Waals surface area (Å²) in [5, 5.41) is 0. The van der Waals surface area contributed by atoms with Crippen molar-refractivity contribution in [1.82, 2.24) is 9.47 Å². The van der Waals surface area contributed by atoms with E-state index in [0.29, 0.717) is 16.8 Å². The van der Waals surface area contributed by atoms with Crippen molar-refractivity contribution in [1.29, 1.82) is 0 Å². The average molecular weight is 288 g/mol. The van der Waals surface area contributed by atoms with Gasteiger partial charge in [-0.1, -0.05) is 18.2 Å². The lowest BCUT2D eigenvalue weighted by Gasteiger charge is -2.18. The van der Waals surface area contributed by atoms with Crippen LogP contribution >= 0.6 is 0 Å². The van der Waals surface area contributed by atoms with E-state index in [1.807, 2.05) is 0 Å². The largest absolute Gasteiger partial charge is 0.346 e. The van der Waals surface area contributed by atoms with E-state index in [-0.39, 0.29) is 24.1 Å². The van der Waals surface area contributed by atoms with Crippen LogP contribution in [0, 0.1) is 5.82 Å². The SMILES string of the molecule is CC(=O)c1cc(C(=O)N(C)Cc2ccccc2F)n(C)c1. The van der Waals surface area contributed by atoms with Crippen molar-refractivity contribution in [2.24, 2.45) is 7.05 Å². The highest BCUT2D eigenvalue weighted by Crippen LogP contribution is 2.14. The highest BCUT2D eigenvalue weighted by molar-refractivity contribution is 5.99. The molecule has 0 saturated heterocycles. The normalized spacial score (nSPS) is 10.5. The van der Waals surface area contributed by atoms with Crippen molar-refractivity contribution in [2.75, 3.05) is 7.05 Å². The van der Waals surface area contributed by atoms with Crippen molar-refractivity contribution < 1.29 is 14.0 Å². The summed E-state index contributed by atoms with van der Waals surface area (Å²) in [6.07, 6.45) is 1.62. The summed E-state index contributed by atoms with van der Waals surface area (Å²) in [5.41, 5.74) is 1.34. The number of rotatable bonds is 4. The fourth-order valence-corrected chi connectivity index (χ4v) is 2.12. The van der Waals surface area contributed by atoms with Gasteiger partial charge in [-0.2, -0.15) is 0 Å². The predicted molar refractivity (Wildman–Crippen MR) is 77.6 cm³/mol. The molecular formula is C16H17FN2O2. The molecule has 0 aliphatic rings. The van der Waals surface area contributed by atoms with E-state index < -0.39 is 0 Å². The summed E-state index contributed by atoms with van der Waals surface area (Å²) >= 11 is 0. The van der Waals surface area contributed by atoms with E-state index in [9.17, 15) is 14.0 Å². The Kier molecular flexibility index (Phi) is 4.21. The number of benzene rings is 1. The predicted octanol–water partition coefficient (Wildman–Crippen LogP) is 2.64. The number of hydrogen-bond donors (Lipinski definition) is 0. The zero-order chi connectivity index (χ0) is 15.6. The molecule has 21 heavy (non-hydrogen) atoms. The van der Waals surface area contributed by atoms with Crippen LogP contribution < -0.4 is 0 Å². The van der Waals surface area contributed by atoms with Gasteiger partial charge >= 0.3 is 0 Å². The molecule has 1 amide bonds. The molecule has 0 aliphatic carbocycles. The molecule has 1 aromatic heterocycles. The summed E-state index contributed by atoms with van der Waals surface area (Å²) in [4.78, 5) is 25.2. The molecule has 1 aromatic carbocycles.